The average Bonchev–Trinajstić information content (AvgIpc) is 2.84. The Morgan fingerprint density at radius 1 is 1.06 bits per heavy atom. The Morgan fingerprint density at radius 2 is 1.69 bits per heavy atom. The molecule has 0 aromatic heterocycles. The molecule has 0 aliphatic carbocycles. The van der Waals surface area contributed by atoms with Gasteiger partial charge in [0.25, 0.3) is 5.69 Å². The van der Waals surface area contributed by atoms with Crippen LogP contribution in [0, 0.1) is 10.1 Å². The highest BCUT2D eigenvalue weighted by Crippen LogP contribution is 2.41. The van der Waals surface area contributed by atoms with Crippen molar-refractivity contribution in [1.29, 1.82) is 0 Å². The number of esters is 1. The predicted octanol–water partition coefficient (Wildman–Crippen LogP) is 6.31. The van der Waals surface area contributed by atoms with Gasteiger partial charge >= 0.3 is 5.97 Å². The quantitative estimate of drug-likeness (QED) is 0.250. The van der Waals surface area contributed by atoms with Gasteiger partial charge in [-0.3, -0.25) is 10.1 Å². The van der Waals surface area contributed by atoms with E-state index in [9.17, 15) is 20.0 Å². The molecule has 1 unspecified atom stereocenters. The lowest BCUT2D eigenvalue weighted by Crippen LogP contribution is -2.42. The minimum absolute atomic E-state index is 0.0287. The average molecular weight is 485 g/mol. The van der Waals surface area contributed by atoms with Crippen LogP contribution in [0.25, 0.3) is 11.8 Å². The zero-order valence-corrected chi connectivity index (χ0v) is 20.4. The number of nitro groups is 1. The molecule has 0 saturated heterocycles. The van der Waals surface area contributed by atoms with Gasteiger partial charge in [0.15, 0.2) is 0 Å². The summed E-state index contributed by atoms with van der Waals surface area (Å²) in [6.45, 7) is 5.65. The minimum atomic E-state index is -0.800. The van der Waals surface area contributed by atoms with E-state index in [2.05, 4.69) is 0 Å². The first kappa shape index (κ1) is 24.7. The second-order valence-electron chi connectivity index (χ2n) is 9.55. The van der Waals surface area contributed by atoms with Gasteiger partial charge in [-0.2, -0.15) is 0 Å². The number of aliphatic hydroxyl groups is 1. The molecular formula is C29H28N2O5. The standard InChI is InChI=1S/C29H28N2O5/c1-29(2,3)36-28(33)26-25(16-14-20-10-6-4-7-11-20)30(19-21-12-8-5-9-13-21)24-17-15-22(31(34)35)18-23(24)27(26)32/h4-18,25,32H,19H2,1-3H3/b16-14+. The van der Waals surface area contributed by atoms with Crippen molar-refractivity contribution in [2.24, 2.45) is 0 Å². The number of anilines is 1. The molecule has 1 aliphatic rings. The number of fused-ring (bicyclic) bond motifs is 1. The summed E-state index contributed by atoms with van der Waals surface area (Å²) in [4.78, 5) is 26.3. The highest BCUT2D eigenvalue weighted by atomic mass is 16.6. The number of ether oxygens (including phenoxy) is 1. The first-order valence-electron chi connectivity index (χ1n) is 11.6. The van der Waals surface area contributed by atoms with Crippen LogP contribution in [-0.2, 0) is 16.1 Å². The molecule has 7 nitrogen and oxygen atoms in total. The van der Waals surface area contributed by atoms with E-state index in [0.29, 0.717) is 12.2 Å². The van der Waals surface area contributed by atoms with E-state index in [1.165, 1.54) is 12.1 Å². The molecule has 36 heavy (non-hydrogen) atoms. The van der Waals surface area contributed by atoms with Crippen molar-refractivity contribution in [3.05, 3.63) is 117 Å². The van der Waals surface area contributed by atoms with Crippen LogP contribution in [0.4, 0.5) is 11.4 Å². The molecule has 4 rings (SSSR count). The summed E-state index contributed by atoms with van der Waals surface area (Å²) in [5.74, 6) is -1.01. The van der Waals surface area contributed by atoms with E-state index in [1.807, 2.05) is 77.7 Å². The summed E-state index contributed by atoms with van der Waals surface area (Å²) >= 11 is 0. The van der Waals surface area contributed by atoms with Gasteiger partial charge in [0.05, 0.1) is 11.0 Å². The fourth-order valence-corrected chi connectivity index (χ4v) is 4.15. The van der Waals surface area contributed by atoms with Crippen molar-refractivity contribution >= 4 is 29.2 Å². The highest BCUT2D eigenvalue weighted by molar-refractivity contribution is 6.02. The first-order valence-corrected chi connectivity index (χ1v) is 11.6. The molecule has 0 fully saturated rings. The van der Waals surface area contributed by atoms with Gasteiger partial charge in [-0.05, 0) is 38.0 Å². The normalized spacial score (nSPS) is 15.6. The number of hydrogen-bond acceptors (Lipinski definition) is 6. The summed E-state index contributed by atoms with van der Waals surface area (Å²) in [5, 5.41) is 22.8. The van der Waals surface area contributed by atoms with E-state index in [0.717, 1.165) is 11.1 Å². The molecule has 0 bridgehead atoms. The molecule has 1 atom stereocenters. The minimum Gasteiger partial charge on any atom is -0.507 e. The van der Waals surface area contributed by atoms with Gasteiger partial charge in [-0.25, -0.2) is 4.79 Å². The van der Waals surface area contributed by atoms with Crippen LogP contribution >= 0.6 is 0 Å². The van der Waals surface area contributed by atoms with Crippen LogP contribution in [0.1, 0.15) is 37.5 Å². The summed E-state index contributed by atoms with van der Waals surface area (Å²) in [6, 6.07) is 23.0. The Balaban J connectivity index is 1.91. The number of carbonyl (C=O) groups is 1. The van der Waals surface area contributed by atoms with Gasteiger partial charge in [0.1, 0.15) is 16.9 Å². The van der Waals surface area contributed by atoms with E-state index in [1.54, 1.807) is 26.8 Å². The Bertz CT molecular complexity index is 1320. The van der Waals surface area contributed by atoms with Gasteiger partial charge in [-0.1, -0.05) is 72.8 Å². The maximum absolute atomic E-state index is 13.4. The lowest BCUT2D eigenvalue weighted by molar-refractivity contribution is -0.384. The zero-order valence-electron chi connectivity index (χ0n) is 20.4. The molecule has 0 spiro atoms. The van der Waals surface area contributed by atoms with Crippen molar-refractivity contribution in [3.63, 3.8) is 0 Å². The fraction of sp³-hybridized carbons (Fsp3) is 0.207. The number of carbonyl (C=O) groups excluding carboxylic acids is 1. The molecule has 3 aromatic rings. The second-order valence-corrected chi connectivity index (χ2v) is 9.55. The van der Waals surface area contributed by atoms with Crippen LogP contribution in [0.5, 0.6) is 0 Å². The molecule has 0 saturated carbocycles. The molecule has 0 amide bonds. The summed E-state index contributed by atoms with van der Waals surface area (Å²) in [5.41, 5.74) is 1.75. The summed E-state index contributed by atoms with van der Waals surface area (Å²) < 4.78 is 5.67. The van der Waals surface area contributed by atoms with E-state index in [4.69, 9.17) is 4.74 Å². The van der Waals surface area contributed by atoms with Crippen LogP contribution in [0.2, 0.25) is 0 Å². The van der Waals surface area contributed by atoms with E-state index >= 15 is 0 Å². The van der Waals surface area contributed by atoms with Gasteiger partial charge in [-0.15, -0.1) is 0 Å². The van der Waals surface area contributed by atoms with Crippen molar-refractivity contribution in [1.82, 2.24) is 0 Å². The summed E-state index contributed by atoms with van der Waals surface area (Å²) in [7, 11) is 0. The van der Waals surface area contributed by atoms with Crippen molar-refractivity contribution in [2.75, 3.05) is 4.90 Å². The lowest BCUT2D eigenvalue weighted by atomic mass is 9.91. The third-order valence-electron chi connectivity index (χ3n) is 5.73. The zero-order chi connectivity index (χ0) is 25.9. The van der Waals surface area contributed by atoms with Gasteiger partial charge in [0.2, 0.25) is 0 Å². The molecule has 1 aliphatic heterocycles. The van der Waals surface area contributed by atoms with E-state index in [-0.39, 0.29) is 22.6 Å². The van der Waals surface area contributed by atoms with Gasteiger partial charge in [0, 0.05) is 29.9 Å². The third-order valence-corrected chi connectivity index (χ3v) is 5.73. The number of hydrogen-bond donors (Lipinski definition) is 1. The number of nitro benzene ring substituents is 1. The smallest absolute Gasteiger partial charge is 0.340 e. The molecule has 1 heterocycles. The monoisotopic (exact) mass is 484 g/mol. The SMILES string of the molecule is CC(C)(C)OC(=O)C1=C(O)c2cc([N+](=O)[O-])ccc2N(Cc2ccccc2)C1/C=C/c1ccccc1. The molecule has 0 radical (unpaired) electrons. The molecule has 1 N–H and O–H groups in total. The molecular weight excluding hydrogens is 456 g/mol. The number of non-ortho nitro benzene ring substituents is 1. The number of rotatable bonds is 6. The lowest BCUT2D eigenvalue weighted by Gasteiger charge is -2.38. The van der Waals surface area contributed by atoms with Gasteiger partial charge < -0.3 is 14.7 Å². The molecule has 3 aromatic carbocycles. The maximum atomic E-state index is 13.4. The third kappa shape index (κ3) is 5.46. The Kier molecular flexibility index (Phi) is 6.92. The fourth-order valence-electron chi connectivity index (χ4n) is 4.15. The first-order chi connectivity index (χ1) is 17.1. The van der Waals surface area contributed by atoms with Crippen LogP contribution in [-0.4, -0.2) is 27.6 Å². The second kappa shape index (κ2) is 10.1. The van der Waals surface area contributed by atoms with Crippen molar-refractivity contribution < 1.29 is 19.6 Å². The van der Waals surface area contributed by atoms with Crippen LogP contribution in [0.15, 0.2) is 90.5 Å². The summed E-state index contributed by atoms with van der Waals surface area (Å²) in [6.07, 6.45) is 3.73. The van der Waals surface area contributed by atoms with Crippen LogP contribution < -0.4 is 4.90 Å². The Labute approximate surface area is 210 Å². The van der Waals surface area contributed by atoms with Crippen LogP contribution in [0.3, 0.4) is 0 Å². The molecule has 184 valence electrons. The number of nitrogens with zero attached hydrogens (tertiary/aromatic N) is 2. The maximum Gasteiger partial charge on any atom is 0.340 e. The van der Waals surface area contributed by atoms with E-state index < -0.39 is 22.5 Å². The molecule has 7 heteroatoms. The largest absolute Gasteiger partial charge is 0.507 e. The van der Waals surface area contributed by atoms with Crippen molar-refractivity contribution in [3.8, 4) is 0 Å². The predicted molar refractivity (Wildman–Crippen MR) is 140 cm³/mol. The Morgan fingerprint density at radius 3 is 2.31 bits per heavy atom. The number of benzene rings is 3. The highest BCUT2D eigenvalue weighted by Gasteiger charge is 2.38. The number of aliphatic hydroxyl groups excluding tert-OH is 1. The van der Waals surface area contributed by atoms with Crippen molar-refractivity contribution in [2.45, 2.75) is 39.0 Å². The topological polar surface area (TPSA) is 92.9 Å². The Hall–Kier alpha value is -4.39.